The van der Waals surface area contributed by atoms with Gasteiger partial charge in [0.15, 0.2) is 0 Å². The monoisotopic (exact) mass is 406 g/mol. The van der Waals surface area contributed by atoms with Gasteiger partial charge in [-0.15, -0.1) is 0 Å². The van der Waals surface area contributed by atoms with Crippen molar-refractivity contribution in [1.82, 2.24) is 0 Å². The highest BCUT2D eigenvalue weighted by molar-refractivity contribution is 7.93. The van der Waals surface area contributed by atoms with Gasteiger partial charge in [0, 0.05) is 0 Å². The van der Waals surface area contributed by atoms with Crippen molar-refractivity contribution in [3.8, 4) is 0 Å². The molecule has 0 aliphatic rings. The summed E-state index contributed by atoms with van der Waals surface area (Å²) >= 11 is 0. The van der Waals surface area contributed by atoms with Gasteiger partial charge in [0.05, 0.1) is 21.2 Å². The van der Waals surface area contributed by atoms with Crippen LogP contribution < -0.4 is 9.44 Å². The van der Waals surface area contributed by atoms with Gasteiger partial charge in [-0.1, -0.05) is 30.3 Å². The molecule has 0 radical (unpaired) electrons. The molecule has 2 N–H and O–H groups in total. The van der Waals surface area contributed by atoms with E-state index in [0.717, 1.165) is 24.3 Å². The fourth-order valence-electron chi connectivity index (χ4n) is 2.28. The fourth-order valence-corrected chi connectivity index (χ4v) is 4.46. The molecule has 0 atom stereocenters. The lowest BCUT2D eigenvalue weighted by Crippen LogP contribution is -2.17. The predicted molar refractivity (Wildman–Crippen MR) is 101 cm³/mol. The van der Waals surface area contributed by atoms with E-state index < -0.39 is 25.9 Å². The number of anilines is 2. The number of halogens is 1. The second-order valence-corrected chi connectivity index (χ2v) is 8.89. The van der Waals surface area contributed by atoms with Crippen LogP contribution in [-0.2, 0) is 20.0 Å². The molecule has 0 saturated carbocycles. The molecule has 0 aliphatic carbocycles. The first kappa shape index (κ1) is 18.9. The van der Waals surface area contributed by atoms with Crippen LogP contribution in [0.15, 0.2) is 88.7 Å². The minimum Gasteiger partial charge on any atom is -0.277 e. The van der Waals surface area contributed by atoms with Gasteiger partial charge in [-0.25, -0.2) is 21.2 Å². The van der Waals surface area contributed by atoms with Crippen molar-refractivity contribution in [1.29, 1.82) is 0 Å². The molecule has 0 bridgehead atoms. The molecular weight excluding hydrogens is 391 g/mol. The van der Waals surface area contributed by atoms with Gasteiger partial charge in [0.2, 0.25) is 0 Å². The second kappa shape index (κ2) is 7.37. The first-order chi connectivity index (χ1) is 12.8. The lowest BCUT2D eigenvalue weighted by molar-refractivity contribution is 0.598. The molecular formula is C18H15FN2O4S2. The molecule has 0 unspecified atom stereocenters. The van der Waals surface area contributed by atoms with Crippen LogP contribution >= 0.6 is 0 Å². The highest BCUT2D eigenvalue weighted by Gasteiger charge is 2.19. The van der Waals surface area contributed by atoms with E-state index in [0.29, 0.717) is 0 Å². The third-order valence-electron chi connectivity index (χ3n) is 3.59. The zero-order chi connectivity index (χ0) is 19.5. The molecule has 0 aliphatic heterocycles. The number of sulfonamides is 2. The number of nitrogens with one attached hydrogen (secondary N) is 2. The van der Waals surface area contributed by atoms with Crippen molar-refractivity contribution in [3.63, 3.8) is 0 Å². The van der Waals surface area contributed by atoms with Gasteiger partial charge in [0.1, 0.15) is 5.82 Å². The number of rotatable bonds is 6. The smallest absolute Gasteiger partial charge is 0.261 e. The van der Waals surface area contributed by atoms with Crippen LogP contribution in [0.4, 0.5) is 15.8 Å². The molecule has 0 aromatic heterocycles. The topological polar surface area (TPSA) is 92.3 Å². The van der Waals surface area contributed by atoms with E-state index in [2.05, 4.69) is 9.44 Å². The van der Waals surface area contributed by atoms with E-state index in [1.165, 1.54) is 24.3 Å². The summed E-state index contributed by atoms with van der Waals surface area (Å²) in [6.07, 6.45) is 0. The normalized spacial score (nSPS) is 11.7. The van der Waals surface area contributed by atoms with E-state index in [4.69, 9.17) is 0 Å². The van der Waals surface area contributed by atoms with Gasteiger partial charge < -0.3 is 0 Å². The van der Waals surface area contributed by atoms with Crippen molar-refractivity contribution < 1.29 is 21.2 Å². The SMILES string of the molecule is O=S(=O)(Nc1ccccc1NS(=O)(=O)c1ccc(F)cc1)c1ccccc1. The Morgan fingerprint density at radius 2 is 0.963 bits per heavy atom. The summed E-state index contributed by atoms with van der Waals surface area (Å²) in [7, 11) is -7.92. The zero-order valence-electron chi connectivity index (χ0n) is 13.8. The Bertz CT molecular complexity index is 1150. The second-order valence-electron chi connectivity index (χ2n) is 5.52. The van der Waals surface area contributed by atoms with Crippen LogP contribution in [0, 0.1) is 5.82 Å². The number of hydrogen-bond acceptors (Lipinski definition) is 4. The summed E-state index contributed by atoms with van der Waals surface area (Å²) in [5, 5.41) is 0. The first-order valence-corrected chi connectivity index (χ1v) is 10.7. The maximum Gasteiger partial charge on any atom is 0.261 e. The average Bonchev–Trinajstić information content (AvgIpc) is 2.64. The van der Waals surface area contributed by atoms with Crippen molar-refractivity contribution in [2.75, 3.05) is 9.44 Å². The Hall–Kier alpha value is -2.91. The van der Waals surface area contributed by atoms with E-state index in [1.807, 2.05) is 0 Å². The Kier molecular flexibility index (Phi) is 5.15. The summed E-state index contributed by atoms with van der Waals surface area (Å²) in [5.41, 5.74) is 0.105. The van der Waals surface area contributed by atoms with Crippen LogP contribution in [-0.4, -0.2) is 16.8 Å². The van der Waals surface area contributed by atoms with E-state index in [-0.39, 0.29) is 21.2 Å². The number of hydrogen-bond donors (Lipinski definition) is 2. The number of benzene rings is 3. The van der Waals surface area contributed by atoms with Gasteiger partial charge in [0.25, 0.3) is 20.0 Å². The Balaban J connectivity index is 1.92. The molecule has 0 spiro atoms. The van der Waals surface area contributed by atoms with Gasteiger partial charge in [-0.05, 0) is 48.5 Å². The first-order valence-electron chi connectivity index (χ1n) is 7.73. The Morgan fingerprint density at radius 1 is 0.556 bits per heavy atom. The average molecular weight is 406 g/mol. The molecule has 6 nitrogen and oxygen atoms in total. The van der Waals surface area contributed by atoms with E-state index >= 15 is 0 Å². The largest absolute Gasteiger partial charge is 0.277 e. The molecule has 3 aromatic carbocycles. The third-order valence-corrected chi connectivity index (χ3v) is 6.36. The highest BCUT2D eigenvalue weighted by Crippen LogP contribution is 2.27. The van der Waals surface area contributed by atoms with Crippen LogP contribution in [0.25, 0.3) is 0 Å². The van der Waals surface area contributed by atoms with Crippen molar-refractivity contribution in [2.45, 2.75) is 9.79 Å². The number of para-hydroxylation sites is 2. The van der Waals surface area contributed by atoms with Crippen molar-refractivity contribution in [2.24, 2.45) is 0 Å². The maximum atomic E-state index is 13.0. The summed E-state index contributed by atoms with van der Waals surface area (Å²) < 4.78 is 67.7. The maximum absolute atomic E-state index is 13.0. The minimum atomic E-state index is -4.02. The Labute approximate surface area is 156 Å². The molecule has 140 valence electrons. The van der Waals surface area contributed by atoms with E-state index in [9.17, 15) is 21.2 Å². The molecule has 0 heterocycles. The lowest BCUT2D eigenvalue weighted by atomic mass is 10.3. The summed E-state index contributed by atoms with van der Waals surface area (Å²) in [6.45, 7) is 0. The predicted octanol–water partition coefficient (Wildman–Crippen LogP) is 3.43. The molecule has 27 heavy (non-hydrogen) atoms. The van der Waals surface area contributed by atoms with E-state index in [1.54, 1.807) is 30.3 Å². The summed E-state index contributed by atoms with van der Waals surface area (Å²) in [4.78, 5) is -0.106. The molecule has 9 heteroatoms. The zero-order valence-corrected chi connectivity index (χ0v) is 15.5. The third kappa shape index (κ3) is 4.44. The molecule has 0 amide bonds. The van der Waals surface area contributed by atoms with Crippen molar-refractivity contribution in [3.05, 3.63) is 84.7 Å². The van der Waals surface area contributed by atoms with Gasteiger partial charge in [-0.3, -0.25) is 9.44 Å². The van der Waals surface area contributed by atoms with Crippen LogP contribution in [0.3, 0.4) is 0 Å². The standard InChI is InChI=1S/C18H15FN2O4S2/c19-14-10-12-16(13-11-14)27(24,25)21-18-9-5-4-8-17(18)20-26(22,23)15-6-2-1-3-7-15/h1-13,20-21H. The summed E-state index contributed by atoms with van der Waals surface area (Å²) in [6, 6.07) is 18.0. The molecule has 0 fully saturated rings. The molecule has 3 aromatic rings. The molecule has 3 rings (SSSR count). The fraction of sp³-hybridized carbons (Fsp3) is 0. The van der Waals surface area contributed by atoms with Gasteiger partial charge >= 0.3 is 0 Å². The van der Waals surface area contributed by atoms with Crippen molar-refractivity contribution >= 4 is 31.4 Å². The summed E-state index contributed by atoms with van der Waals surface area (Å²) in [5.74, 6) is -0.565. The van der Waals surface area contributed by atoms with Crippen LogP contribution in [0.5, 0.6) is 0 Å². The highest BCUT2D eigenvalue weighted by atomic mass is 32.2. The Morgan fingerprint density at radius 3 is 1.44 bits per heavy atom. The van der Waals surface area contributed by atoms with Crippen LogP contribution in [0.1, 0.15) is 0 Å². The minimum absolute atomic E-state index is 0.0428. The quantitative estimate of drug-likeness (QED) is 0.656. The molecule has 0 saturated heterocycles. The van der Waals surface area contributed by atoms with Crippen LogP contribution in [0.2, 0.25) is 0 Å². The van der Waals surface area contributed by atoms with Gasteiger partial charge in [-0.2, -0.15) is 0 Å². The lowest BCUT2D eigenvalue weighted by Gasteiger charge is -2.14.